The van der Waals surface area contributed by atoms with Crippen LogP contribution < -0.4 is 21.5 Å². The molecular weight excluding hydrogens is 556 g/mol. The van der Waals surface area contributed by atoms with Crippen LogP contribution in [0.4, 0.5) is 10.5 Å². The van der Waals surface area contributed by atoms with Crippen molar-refractivity contribution in [2.45, 2.75) is 13.0 Å². The second-order valence-electron chi connectivity index (χ2n) is 6.46. The van der Waals surface area contributed by atoms with Crippen LogP contribution in [0.25, 0.3) is 10.9 Å². The van der Waals surface area contributed by atoms with Crippen molar-refractivity contribution in [2.75, 3.05) is 5.32 Å². The zero-order valence-electron chi connectivity index (χ0n) is 15.9. The van der Waals surface area contributed by atoms with Crippen LogP contribution in [0, 0.1) is 6.92 Å². The topological polar surface area (TPSA) is 126 Å². The predicted molar refractivity (Wildman–Crippen MR) is 127 cm³/mol. The van der Waals surface area contributed by atoms with Gasteiger partial charge in [0.25, 0.3) is 5.91 Å². The van der Waals surface area contributed by atoms with E-state index in [9.17, 15) is 9.59 Å². The lowest BCUT2D eigenvalue weighted by Crippen LogP contribution is -2.44. The van der Waals surface area contributed by atoms with Gasteiger partial charge in [-0.1, -0.05) is 11.6 Å². The highest BCUT2D eigenvalue weighted by molar-refractivity contribution is 14.2. The average Bonchev–Trinajstić information content (AvgIpc) is 3.40. The van der Waals surface area contributed by atoms with Gasteiger partial charge in [0.05, 0.1) is 34.5 Å². The van der Waals surface area contributed by atoms with Gasteiger partial charge in [-0.3, -0.25) is 10.2 Å². The van der Waals surface area contributed by atoms with Crippen LogP contribution >= 0.6 is 40.0 Å². The van der Waals surface area contributed by atoms with Crippen molar-refractivity contribution in [2.24, 2.45) is 0 Å². The van der Waals surface area contributed by atoms with Crippen molar-refractivity contribution >= 4 is 68.5 Å². The molecule has 31 heavy (non-hydrogen) atoms. The second kappa shape index (κ2) is 9.25. The first kappa shape index (κ1) is 21.6. The van der Waals surface area contributed by atoms with E-state index in [1.165, 1.54) is 6.26 Å². The molecule has 3 amide bonds. The molecule has 3 heterocycles. The zero-order chi connectivity index (χ0) is 22.0. The number of nitrogens with one attached hydrogen (secondary N) is 4. The maximum atomic E-state index is 12.4. The number of aromatic nitrogens is 3. The van der Waals surface area contributed by atoms with Crippen molar-refractivity contribution in [1.29, 1.82) is 0 Å². The SMILES string of the molecule is Cc1coc(C2C=C(C(=O)NNC(=O)Nc3ccc4c(cnn4PI)c3Cl)C=CN2)n1. The number of dihydropyridines is 1. The number of nitrogens with zero attached hydrogens (tertiary/aromatic N) is 3. The molecule has 2 unspecified atom stereocenters. The molecule has 2 aromatic heterocycles. The summed E-state index contributed by atoms with van der Waals surface area (Å²) in [5.41, 5.74) is 7.03. The van der Waals surface area contributed by atoms with E-state index in [2.05, 4.69) is 53.6 Å². The Bertz CT molecular complexity index is 1220. The van der Waals surface area contributed by atoms with Crippen molar-refractivity contribution in [3.8, 4) is 0 Å². The van der Waals surface area contributed by atoms with Crippen molar-refractivity contribution in [3.63, 3.8) is 0 Å². The number of rotatable bonds is 4. The smallest absolute Gasteiger partial charge is 0.337 e. The Balaban J connectivity index is 1.38. The van der Waals surface area contributed by atoms with Gasteiger partial charge >= 0.3 is 6.03 Å². The van der Waals surface area contributed by atoms with Crippen LogP contribution in [-0.2, 0) is 4.79 Å². The minimum absolute atomic E-state index is 0.339. The molecule has 1 aliphatic heterocycles. The van der Waals surface area contributed by atoms with Crippen LogP contribution in [0.3, 0.4) is 0 Å². The number of carbonyl (C=O) groups excluding carboxylic acids is 2. The number of anilines is 1. The molecule has 0 aliphatic carbocycles. The van der Waals surface area contributed by atoms with Crippen LogP contribution in [0.5, 0.6) is 0 Å². The number of amides is 3. The zero-order valence-corrected chi connectivity index (χ0v) is 19.9. The number of urea groups is 1. The standard InChI is InChI=1S/C18H16ClIN7O3P/c1-9-8-30-17(23-9)13-6-10(4-5-21-13)16(28)25-26-18(29)24-12-2-3-14-11(15(12)19)7-22-27(14)31-20/h2-8,13,21,31H,1H3,(H,25,28)(H2,24,26,29). The predicted octanol–water partition coefficient (Wildman–Crippen LogP) is 3.72. The van der Waals surface area contributed by atoms with Gasteiger partial charge in [-0.25, -0.2) is 19.7 Å². The lowest BCUT2D eigenvalue weighted by Gasteiger charge is -2.16. The van der Waals surface area contributed by atoms with Gasteiger partial charge in [-0.05, 0) is 59.4 Å². The molecule has 160 valence electrons. The third-order valence-electron chi connectivity index (χ3n) is 4.35. The van der Waals surface area contributed by atoms with E-state index >= 15 is 0 Å². The van der Waals surface area contributed by atoms with E-state index in [0.29, 0.717) is 28.5 Å². The van der Waals surface area contributed by atoms with Gasteiger partial charge in [-0.15, -0.1) is 0 Å². The molecule has 0 spiro atoms. The quantitative estimate of drug-likeness (QED) is 0.215. The number of oxazole rings is 1. The Labute approximate surface area is 196 Å². The second-order valence-corrected chi connectivity index (χ2v) is 8.88. The molecule has 13 heteroatoms. The van der Waals surface area contributed by atoms with Crippen LogP contribution in [0.15, 0.2) is 52.9 Å². The van der Waals surface area contributed by atoms with E-state index in [1.807, 2.05) is 17.4 Å². The summed E-state index contributed by atoms with van der Waals surface area (Å²) in [5, 5.41) is 11.0. The number of hydrogen-bond acceptors (Lipinski definition) is 6. The molecule has 2 atom stereocenters. The largest absolute Gasteiger partial charge is 0.446 e. The molecule has 1 aliphatic rings. The summed E-state index contributed by atoms with van der Waals surface area (Å²) in [5.74, 6) is -0.0543. The van der Waals surface area contributed by atoms with Crippen LogP contribution in [0.1, 0.15) is 17.6 Å². The van der Waals surface area contributed by atoms with Gasteiger partial charge in [0.2, 0.25) is 5.89 Å². The fourth-order valence-electron chi connectivity index (χ4n) is 2.90. The molecule has 10 nitrogen and oxygen atoms in total. The number of hydrogen-bond donors (Lipinski definition) is 4. The number of benzene rings is 1. The van der Waals surface area contributed by atoms with E-state index in [1.54, 1.807) is 30.6 Å². The van der Waals surface area contributed by atoms with Crippen molar-refractivity contribution < 1.29 is 14.0 Å². The highest BCUT2D eigenvalue weighted by atomic mass is 127. The normalized spacial score (nSPS) is 15.7. The number of carbonyl (C=O) groups is 2. The molecule has 3 aromatic rings. The van der Waals surface area contributed by atoms with E-state index in [0.717, 1.165) is 16.6 Å². The van der Waals surface area contributed by atoms with E-state index in [4.69, 9.17) is 16.0 Å². The molecule has 4 rings (SSSR count). The van der Waals surface area contributed by atoms with Crippen molar-refractivity contribution in [1.82, 2.24) is 30.7 Å². The Morgan fingerprint density at radius 3 is 2.94 bits per heavy atom. The summed E-state index contributed by atoms with van der Waals surface area (Å²) in [7, 11) is 0. The molecule has 1 aromatic carbocycles. The Kier molecular flexibility index (Phi) is 6.44. The van der Waals surface area contributed by atoms with Gasteiger partial charge in [0.1, 0.15) is 12.3 Å². The Hall–Kier alpha value is -2.63. The lowest BCUT2D eigenvalue weighted by molar-refractivity contribution is -0.117. The number of halogens is 2. The van der Waals surface area contributed by atoms with E-state index < -0.39 is 11.9 Å². The first-order valence-electron chi connectivity index (χ1n) is 8.93. The summed E-state index contributed by atoms with van der Waals surface area (Å²) in [4.78, 5) is 28.9. The monoisotopic (exact) mass is 571 g/mol. The molecule has 0 saturated heterocycles. The summed E-state index contributed by atoms with van der Waals surface area (Å²) in [6, 6.07) is 2.48. The highest BCUT2D eigenvalue weighted by Crippen LogP contribution is 2.35. The molecule has 0 fully saturated rings. The third-order valence-corrected chi connectivity index (χ3v) is 6.65. The minimum Gasteiger partial charge on any atom is -0.446 e. The molecule has 0 saturated carbocycles. The molecular formula is C18H16ClIN7O3P. The van der Waals surface area contributed by atoms with Crippen molar-refractivity contribution in [3.05, 3.63) is 65.1 Å². The third kappa shape index (κ3) is 4.68. The van der Waals surface area contributed by atoms with Gasteiger partial charge in [0.15, 0.2) is 0 Å². The summed E-state index contributed by atoms with van der Waals surface area (Å²) in [6.45, 7) is 1.81. The molecule has 4 N–H and O–H groups in total. The van der Waals surface area contributed by atoms with Crippen LogP contribution in [0.2, 0.25) is 5.02 Å². The minimum atomic E-state index is -0.642. The number of fused-ring (bicyclic) bond motifs is 1. The maximum absolute atomic E-state index is 12.4. The average molecular weight is 572 g/mol. The summed E-state index contributed by atoms with van der Waals surface area (Å²) in [6.07, 6.45) is 8.46. The summed E-state index contributed by atoms with van der Waals surface area (Å²) < 4.78 is 7.18. The van der Waals surface area contributed by atoms with Crippen LogP contribution in [-0.4, -0.2) is 26.5 Å². The van der Waals surface area contributed by atoms with Gasteiger partial charge < -0.3 is 15.1 Å². The highest BCUT2D eigenvalue weighted by Gasteiger charge is 2.20. The number of aryl methyl sites for hydroxylation is 1. The van der Waals surface area contributed by atoms with Gasteiger partial charge in [-0.2, -0.15) is 5.10 Å². The molecule has 0 radical (unpaired) electrons. The first-order chi connectivity index (χ1) is 15.0. The summed E-state index contributed by atoms with van der Waals surface area (Å²) >= 11 is 8.62. The maximum Gasteiger partial charge on any atom is 0.337 e. The molecule has 0 bridgehead atoms. The lowest BCUT2D eigenvalue weighted by atomic mass is 10.1. The first-order valence-corrected chi connectivity index (χ1v) is 13.4. The number of hydrazine groups is 1. The Morgan fingerprint density at radius 1 is 1.35 bits per heavy atom. The fraction of sp³-hybridized carbons (Fsp3) is 0.111. The van der Waals surface area contributed by atoms with E-state index in [-0.39, 0.29) is 6.04 Å². The van der Waals surface area contributed by atoms with Gasteiger partial charge in [0, 0.05) is 11.0 Å². The Morgan fingerprint density at radius 2 is 2.19 bits per heavy atom. The fourth-order valence-corrected chi connectivity index (χ4v) is 4.70.